The topological polar surface area (TPSA) is 97.4 Å². The van der Waals surface area contributed by atoms with Crippen molar-refractivity contribution >= 4 is 21.6 Å². The molecule has 4 rings (SSSR count). The van der Waals surface area contributed by atoms with Crippen molar-refractivity contribution in [2.75, 3.05) is 5.32 Å². The third kappa shape index (κ3) is 5.48. The minimum Gasteiger partial charge on any atom is -0.457 e. The molecular formula is C23H23N3O4S. The molecule has 0 radical (unpaired) electrons. The maximum atomic E-state index is 12.6. The number of aromatic nitrogens is 1. The molecule has 0 unspecified atom stereocenters. The van der Waals surface area contributed by atoms with Gasteiger partial charge in [-0.1, -0.05) is 18.9 Å². The average molecular weight is 438 g/mol. The number of carbonyl (C=O) groups excluding carboxylic acids is 1. The predicted octanol–water partition coefficient (Wildman–Crippen LogP) is 4.35. The summed E-state index contributed by atoms with van der Waals surface area (Å²) in [7, 11) is -3.66. The number of nitrogens with one attached hydrogen (secondary N) is 2. The Kier molecular flexibility index (Phi) is 6.29. The summed E-state index contributed by atoms with van der Waals surface area (Å²) in [6.45, 7) is 0. The Morgan fingerprint density at radius 2 is 1.61 bits per heavy atom. The minimum absolute atomic E-state index is 0.0321. The van der Waals surface area contributed by atoms with Crippen molar-refractivity contribution in [1.82, 2.24) is 9.71 Å². The van der Waals surface area contributed by atoms with E-state index >= 15 is 0 Å². The molecule has 7 nitrogen and oxygen atoms in total. The monoisotopic (exact) mass is 437 g/mol. The first kappa shape index (κ1) is 21.0. The maximum absolute atomic E-state index is 12.6. The Balaban J connectivity index is 1.42. The van der Waals surface area contributed by atoms with Gasteiger partial charge in [-0.3, -0.25) is 9.78 Å². The molecule has 1 fully saturated rings. The van der Waals surface area contributed by atoms with Crippen molar-refractivity contribution in [2.45, 2.75) is 36.6 Å². The number of pyridine rings is 1. The van der Waals surface area contributed by atoms with Crippen LogP contribution in [0, 0.1) is 0 Å². The lowest BCUT2D eigenvalue weighted by atomic mass is 10.2. The number of sulfonamides is 1. The van der Waals surface area contributed by atoms with Crippen LogP contribution in [0.3, 0.4) is 0 Å². The number of hydrogen-bond donors (Lipinski definition) is 2. The summed E-state index contributed by atoms with van der Waals surface area (Å²) >= 11 is 0. The Bertz CT molecular complexity index is 1140. The zero-order chi connectivity index (χ0) is 21.7. The smallest absolute Gasteiger partial charge is 0.255 e. The number of rotatable bonds is 7. The molecule has 0 aliphatic heterocycles. The van der Waals surface area contributed by atoms with Gasteiger partial charge in [0, 0.05) is 29.7 Å². The van der Waals surface area contributed by atoms with E-state index in [9.17, 15) is 13.2 Å². The first-order valence-corrected chi connectivity index (χ1v) is 11.6. The van der Waals surface area contributed by atoms with Gasteiger partial charge < -0.3 is 10.1 Å². The fourth-order valence-corrected chi connectivity index (χ4v) is 4.84. The van der Waals surface area contributed by atoms with E-state index in [0.29, 0.717) is 17.2 Å². The van der Waals surface area contributed by atoms with E-state index in [1.165, 1.54) is 12.1 Å². The van der Waals surface area contributed by atoms with E-state index in [-0.39, 0.29) is 22.4 Å². The second-order valence-electron chi connectivity index (χ2n) is 7.39. The molecule has 8 heteroatoms. The summed E-state index contributed by atoms with van der Waals surface area (Å²) in [4.78, 5) is 16.7. The average Bonchev–Trinajstić information content (AvgIpc) is 3.28. The van der Waals surface area contributed by atoms with Crippen LogP contribution in [0.25, 0.3) is 0 Å². The molecule has 1 heterocycles. The number of nitrogens with zero attached hydrogens (tertiary/aromatic N) is 1. The van der Waals surface area contributed by atoms with Crippen molar-refractivity contribution in [2.24, 2.45) is 0 Å². The highest BCUT2D eigenvalue weighted by atomic mass is 32.2. The first-order valence-electron chi connectivity index (χ1n) is 10.1. The summed E-state index contributed by atoms with van der Waals surface area (Å²) in [6.07, 6.45) is 7.04. The van der Waals surface area contributed by atoms with E-state index in [2.05, 4.69) is 15.0 Å². The van der Waals surface area contributed by atoms with Crippen LogP contribution >= 0.6 is 0 Å². The number of anilines is 1. The molecule has 2 aromatic carbocycles. The van der Waals surface area contributed by atoms with E-state index in [4.69, 9.17) is 4.74 Å². The highest BCUT2D eigenvalue weighted by molar-refractivity contribution is 7.89. The fraction of sp³-hybridized carbons (Fsp3) is 0.217. The van der Waals surface area contributed by atoms with Gasteiger partial charge >= 0.3 is 0 Å². The van der Waals surface area contributed by atoms with E-state index in [1.807, 2.05) is 0 Å². The molecule has 3 aromatic rings. The summed E-state index contributed by atoms with van der Waals surface area (Å²) in [5.74, 6) is 0.895. The van der Waals surface area contributed by atoms with Crippen molar-refractivity contribution < 1.29 is 17.9 Å². The van der Waals surface area contributed by atoms with Gasteiger partial charge in [0.25, 0.3) is 5.91 Å². The molecule has 0 bridgehead atoms. The summed E-state index contributed by atoms with van der Waals surface area (Å²) in [5.41, 5.74) is 0.843. The zero-order valence-electron chi connectivity index (χ0n) is 16.8. The molecule has 2 N–H and O–H groups in total. The number of carbonyl (C=O) groups is 1. The van der Waals surface area contributed by atoms with Gasteiger partial charge in [0.05, 0.1) is 4.90 Å². The predicted molar refractivity (Wildman–Crippen MR) is 118 cm³/mol. The number of hydrogen-bond acceptors (Lipinski definition) is 5. The van der Waals surface area contributed by atoms with Crippen LogP contribution in [0.2, 0.25) is 0 Å². The van der Waals surface area contributed by atoms with E-state index in [0.717, 1.165) is 25.7 Å². The second kappa shape index (κ2) is 9.28. The molecule has 1 aliphatic carbocycles. The molecule has 0 spiro atoms. The van der Waals surface area contributed by atoms with Gasteiger partial charge in [-0.2, -0.15) is 0 Å². The van der Waals surface area contributed by atoms with Crippen LogP contribution in [-0.2, 0) is 10.0 Å². The number of benzene rings is 2. The third-order valence-electron chi connectivity index (χ3n) is 5.08. The number of ether oxygens (including phenoxy) is 1. The Labute approximate surface area is 181 Å². The van der Waals surface area contributed by atoms with Crippen LogP contribution in [0.15, 0.2) is 78.0 Å². The maximum Gasteiger partial charge on any atom is 0.255 e. The van der Waals surface area contributed by atoms with Crippen LogP contribution in [-0.4, -0.2) is 25.4 Å². The molecule has 1 aliphatic rings. The van der Waals surface area contributed by atoms with Gasteiger partial charge in [0.2, 0.25) is 10.0 Å². The highest BCUT2D eigenvalue weighted by Gasteiger charge is 2.23. The van der Waals surface area contributed by atoms with Gasteiger partial charge in [-0.15, -0.1) is 0 Å². The molecule has 0 saturated heterocycles. The Hall–Kier alpha value is -3.23. The Morgan fingerprint density at radius 3 is 2.32 bits per heavy atom. The van der Waals surface area contributed by atoms with Crippen LogP contribution < -0.4 is 14.8 Å². The molecule has 0 atom stereocenters. The first-order chi connectivity index (χ1) is 15.0. The quantitative estimate of drug-likeness (QED) is 0.573. The van der Waals surface area contributed by atoms with Gasteiger partial charge in [0.15, 0.2) is 0 Å². The van der Waals surface area contributed by atoms with E-state index in [1.54, 1.807) is 60.9 Å². The lowest BCUT2D eigenvalue weighted by Gasteiger charge is -2.13. The molecule has 31 heavy (non-hydrogen) atoms. The summed E-state index contributed by atoms with van der Waals surface area (Å²) in [6, 6.07) is 16.4. The standard InChI is InChI=1S/C23H23N3O4S/c27-23(25-18-8-10-20(11-9-18)30-21-12-14-24-15-13-21)17-4-3-7-22(16-17)31(28,29)26-19-5-1-2-6-19/h3-4,7-16,19,26H,1-2,5-6H2,(H,25,27). The van der Waals surface area contributed by atoms with Crippen LogP contribution in [0.5, 0.6) is 11.5 Å². The summed E-state index contributed by atoms with van der Waals surface area (Å²) in [5, 5.41) is 2.78. The second-order valence-corrected chi connectivity index (χ2v) is 9.11. The number of amides is 1. The molecular weight excluding hydrogens is 414 g/mol. The van der Waals surface area contributed by atoms with E-state index < -0.39 is 10.0 Å². The molecule has 160 valence electrons. The Morgan fingerprint density at radius 1 is 0.935 bits per heavy atom. The van der Waals surface area contributed by atoms with Gasteiger partial charge in [-0.05, 0) is 67.4 Å². The van der Waals surface area contributed by atoms with Gasteiger partial charge in [0.1, 0.15) is 11.5 Å². The normalized spacial score (nSPS) is 14.3. The van der Waals surface area contributed by atoms with Crippen molar-refractivity contribution in [3.63, 3.8) is 0 Å². The molecule has 1 amide bonds. The lowest BCUT2D eigenvalue weighted by molar-refractivity contribution is 0.102. The summed E-state index contributed by atoms with van der Waals surface area (Å²) < 4.78 is 33.7. The van der Waals surface area contributed by atoms with Crippen molar-refractivity contribution in [1.29, 1.82) is 0 Å². The van der Waals surface area contributed by atoms with Crippen LogP contribution in [0.4, 0.5) is 5.69 Å². The largest absolute Gasteiger partial charge is 0.457 e. The molecule has 1 aromatic heterocycles. The van der Waals surface area contributed by atoms with Gasteiger partial charge in [-0.25, -0.2) is 13.1 Å². The fourth-order valence-electron chi connectivity index (χ4n) is 3.49. The SMILES string of the molecule is O=C(Nc1ccc(Oc2ccncc2)cc1)c1cccc(S(=O)(=O)NC2CCCC2)c1. The highest BCUT2D eigenvalue weighted by Crippen LogP contribution is 2.23. The lowest BCUT2D eigenvalue weighted by Crippen LogP contribution is -2.32. The third-order valence-corrected chi connectivity index (χ3v) is 6.60. The zero-order valence-corrected chi connectivity index (χ0v) is 17.6. The minimum atomic E-state index is -3.66. The molecule has 1 saturated carbocycles. The van der Waals surface area contributed by atoms with Crippen LogP contribution in [0.1, 0.15) is 36.0 Å². The van der Waals surface area contributed by atoms with Crippen molar-refractivity contribution in [3.05, 3.63) is 78.6 Å². The van der Waals surface area contributed by atoms with Crippen molar-refractivity contribution in [3.8, 4) is 11.5 Å².